The van der Waals surface area contributed by atoms with Gasteiger partial charge in [-0.15, -0.1) is 10.2 Å². The molecule has 1 unspecified atom stereocenters. The molecule has 1 atom stereocenters. The van der Waals surface area contributed by atoms with Crippen molar-refractivity contribution in [2.45, 2.75) is 26.3 Å². The third-order valence-electron chi connectivity index (χ3n) is 3.49. The van der Waals surface area contributed by atoms with E-state index in [1.165, 1.54) is 11.3 Å². The Hall–Kier alpha value is -1.74. The van der Waals surface area contributed by atoms with Gasteiger partial charge in [-0.3, -0.25) is 15.0 Å². The first-order valence-electron chi connectivity index (χ1n) is 6.86. The standard InChI is InChI=1S/C12H19N5O3S/c1-3-9-14-15-11(21-9)13-12(20)17-6-4-16(5-7-17)8(2)10(18)19/h8H,3-7H2,1-2H3,(H,18,19)(H,13,15,20). The number of anilines is 1. The molecular weight excluding hydrogens is 294 g/mol. The van der Waals surface area contributed by atoms with Gasteiger partial charge in [-0.25, -0.2) is 4.79 Å². The molecule has 1 fully saturated rings. The number of nitrogens with zero attached hydrogens (tertiary/aromatic N) is 4. The van der Waals surface area contributed by atoms with Crippen LogP contribution in [0.2, 0.25) is 0 Å². The average molecular weight is 313 g/mol. The van der Waals surface area contributed by atoms with Crippen LogP contribution in [0.25, 0.3) is 0 Å². The number of urea groups is 1. The van der Waals surface area contributed by atoms with Gasteiger partial charge in [0, 0.05) is 26.2 Å². The molecule has 1 saturated heterocycles. The summed E-state index contributed by atoms with van der Waals surface area (Å²) in [6, 6.07) is -0.734. The van der Waals surface area contributed by atoms with Crippen LogP contribution in [0.1, 0.15) is 18.9 Å². The Morgan fingerprint density at radius 2 is 2.00 bits per heavy atom. The maximum Gasteiger partial charge on any atom is 0.323 e. The van der Waals surface area contributed by atoms with E-state index in [1.54, 1.807) is 11.8 Å². The SMILES string of the molecule is CCc1nnc(NC(=O)N2CCN(C(C)C(=O)O)CC2)s1. The van der Waals surface area contributed by atoms with Gasteiger partial charge in [0.2, 0.25) is 5.13 Å². The molecule has 1 aromatic heterocycles. The van der Waals surface area contributed by atoms with E-state index in [9.17, 15) is 9.59 Å². The molecule has 2 heterocycles. The zero-order chi connectivity index (χ0) is 15.4. The van der Waals surface area contributed by atoms with Crippen LogP contribution in [0.15, 0.2) is 0 Å². The maximum absolute atomic E-state index is 12.1. The van der Waals surface area contributed by atoms with E-state index >= 15 is 0 Å². The zero-order valence-corrected chi connectivity index (χ0v) is 12.9. The van der Waals surface area contributed by atoms with Crippen LogP contribution in [-0.2, 0) is 11.2 Å². The third-order valence-corrected chi connectivity index (χ3v) is 4.47. The molecule has 21 heavy (non-hydrogen) atoms. The lowest BCUT2D eigenvalue weighted by molar-refractivity contribution is -0.143. The van der Waals surface area contributed by atoms with Crippen molar-refractivity contribution in [2.75, 3.05) is 31.5 Å². The van der Waals surface area contributed by atoms with Crippen molar-refractivity contribution < 1.29 is 14.7 Å². The molecule has 1 aliphatic heterocycles. The lowest BCUT2D eigenvalue weighted by atomic mass is 10.2. The highest BCUT2D eigenvalue weighted by Crippen LogP contribution is 2.16. The van der Waals surface area contributed by atoms with Crippen molar-refractivity contribution in [3.8, 4) is 0 Å². The molecule has 0 aromatic carbocycles. The van der Waals surface area contributed by atoms with E-state index < -0.39 is 12.0 Å². The Labute approximate surface area is 126 Å². The summed E-state index contributed by atoms with van der Waals surface area (Å²) in [6.45, 7) is 5.75. The summed E-state index contributed by atoms with van der Waals surface area (Å²) < 4.78 is 0. The number of carboxylic acids is 1. The molecule has 0 radical (unpaired) electrons. The molecule has 0 aliphatic carbocycles. The van der Waals surface area contributed by atoms with Crippen LogP contribution < -0.4 is 5.32 Å². The quantitative estimate of drug-likeness (QED) is 0.850. The fourth-order valence-corrected chi connectivity index (χ4v) is 2.76. The van der Waals surface area contributed by atoms with Gasteiger partial charge >= 0.3 is 12.0 Å². The first-order valence-corrected chi connectivity index (χ1v) is 7.68. The van der Waals surface area contributed by atoms with Crippen molar-refractivity contribution in [2.24, 2.45) is 0 Å². The Kier molecular flexibility index (Phi) is 5.07. The molecular formula is C12H19N5O3S. The van der Waals surface area contributed by atoms with Crippen LogP contribution >= 0.6 is 11.3 Å². The zero-order valence-electron chi connectivity index (χ0n) is 12.1. The van der Waals surface area contributed by atoms with Crippen molar-refractivity contribution in [1.82, 2.24) is 20.0 Å². The molecule has 0 saturated carbocycles. The number of carbonyl (C=O) groups excluding carboxylic acids is 1. The molecule has 1 aliphatic rings. The number of hydrogen-bond acceptors (Lipinski definition) is 6. The van der Waals surface area contributed by atoms with Gasteiger partial charge in [0.05, 0.1) is 0 Å². The van der Waals surface area contributed by atoms with E-state index in [4.69, 9.17) is 5.11 Å². The van der Waals surface area contributed by atoms with Crippen molar-refractivity contribution in [3.63, 3.8) is 0 Å². The van der Waals surface area contributed by atoms with E-state index in [1.807, 2.05) is 11.8 Å². The molecule has 8 nitrogen and oxygen atoms in total. The van der Waals surface area contributed by atoms with Gasteiger partial charge in [0.25, 0.3) is 0 Å². The van der Waals surface area contributed by atoms with Crippen LogP contribution in [0.4, 0.5) is 9.93 Å². The van der Waals surface area contributed by atoms with Gasteiger partial charge in [-0.1, -0.05) is 18.3 Å². The van der Waals surface area contributed by atoms with E-state index in [-0.39, 0.29) is 6.03 Å². The molecule has 0 spiro atoms. The third kappa shape index (κ3) is 3.88. The second-order valence-electron chi connectivity index (χ2n) is 4.82. The fraction of sp³-hybridized carbons (Fsp3) is 0.667. The second-order valence-corrected chi connectivity index (χ2v) is 5.88. The molecule has 0 bridgehead atoms. The summed E-state index contributed by atoms with van der Waals surface area (Å²) in [7, 11) is 0. The largest absolute Gasteiger partial charge is 0.480 e. The Morgan fingerprint density at radius 1 is 1.33 bits per heavy atom. The van der Waals surface area contributed by atoms with Gasteiger partial charge < -0.3 is 10.0 Å². The van der Waals surface area contributed by atoms with Crippen molar-refractivity contribution in [3.05, 3.63) is 5.01 Å². The number of amides is 2. The minimum atomic E-state index is -0.839. The van der Waals surface area contributed by atoms with Crippen LogP contribution in [-0.4, -0.2) is 69.3 Å². The number of nitrogens with one attached hydrogen (secondary N) is 1. The first-order chi connectivity index (χ1) is 10.0. The van der Waals surface area contributed by atoms with Gasteiger partial charge in [0.1, 0.15) is 11.0 Å². The number of aryl methyl sites for hydroxylation is 1. The van der Waals surface area contributed by atoms with Crippen LogP contribution in [0.3, 0.4) is 0 Å². The first kappa shape index (κ1) is 15.6. The Bertz CT molecular complexity index is 513. The number of piperazine rings is 1. The number of carbonyl (C=O) groups is 2. The number of aromatic nitrogens is 2. The summed E-state index contributed by atoms with van der Waals surface area (Å²) >= 11 is 1.37. The van der Waals surface area contributed by atoms with Crippen LogP contribution in [0, 0.1) is 0 Å². The minimum Gasteiger partial charge on any atom is -0.480 e. The smallest absolute Gasteiger partial charge is 0.323 e. The molecule has 2 N–H and O–H groups in total. The predicted molar refractivity (Wildman–Crippen MR) is 78.5 cm³/mol. The van der Waals surface area contributed by atoms with Crippen molar-refractivity contribution in [1.29, 1.82) is 0 Å². The van der Waals surface area contributed by atoms with E-state index in [0.29, 0.717) is 31.3 Å². The highest BCUT2D eigenvalue weighted by atomic mass is 32.1. The Balaban J connectivity index is 1.84. The number of hydrogen-bond donors (Lipinski definition) is 2. The highest BCUT2D eigenvalue weighted by Gasteiger charge is 2.27. The molecule has 1 aromatic rings. The number of rotatable bonds is 4. The van der Waals surface area contributed by atoms with Crippen LogP contribution in [0.5, 0.6) is 0 Å². The predicted octanol–water partition coefficient (Wildman–Crippen LogP) is 0.723. The monoisotopic (exact) mass is 313 g/mol. The Morgan fingerprint density at radius 3 is 2.52 bits per heavy atom. The maximum atomic E-state index is 12.1. The van der Waals surface area contributed by atoms with Gasteiger partial charge in [-0.2, -0.15) is 0 Å². The average Bonchev–Trinajstić information content (AvgIpc) is 2.94. The van der Waals surface area contributed by atoms with Gasteiger partial charge in [-0.05, 0) is 13.3 Å². The van der Waals surface area contributed by atoms with E-state index in [2.05, 4.69) is 15.5 Å². The minimum absolute atomic E-state index is 0.212. The summed E-state index contributed by atoms with van der Waals surface area (Å²) in [6.07, 6.45) is 0.791. The topological polar surface area (TPSA) is 98.7 Å². The summed E-state index contributed by atoms with van der Waals surface area (Å²) in [4.78, 5) is 26.6. The molecule has 2 rings (SSSR count). The highest BCUT2D eigenvalue weighted by molar-refractivity contribution is 7.15. The lowest BCUT2D eigenvalue weighted by Gasteiger charge is -2.36. The summed E-state index contributed by atoms with van der Waals surface area (Å²) in [5.74, 6) is -0.839. The molecule has 9 heteroatoms. The number of carboxylic acid groups (broad SMARTS) is 1. The molecule has 2 amide bonds. The summed E-state index contributed by atoms with van der Waals surface area (Å²) in [5.41, 5.74) is 0. The lowest BCUT2D eigenvalue weighted by Crippen LogP contribution is -2.53. The van der Waals surface area contributed by atoms with E-state index in [0.717, 1.165) is 11.4 Å². The molecule has 116 valence electrons. The fourth-order valence-electron chi connectivity index (χ4n) is 2.09. The summed E-state index contributed by atoms with van der Waals surface area (Å²) in [5, 5.41) is 20.9. The number of aliphatic carboxylic acids is 1. The normalized spacial score (nSPS) is 17.5. The van der Waals surface area contributed by atoms with Gasteiger partial charge in [0.15, 0.2) is 0 Å². The van der Waals surface area contributed by atoms with Crippen molar-refractivity contribution >= 4 is 28.5 Å². The second kappa shape index (κ2) is 6.81.